The summed E-state index contributed by atoms with van der Waals surface area (Å²) in [5.74, 6) is -2.88. The Hall–Kier alpha value is -0.730. The summed E-state index contributed by atoms with van der Waals surface area (Å²) >= 11 is 0. The van der Waals surface area contributed by atoms with E-state index in [1.54, 1.807) is 0 Å². The zero-order valence-electron chi connectivity index (χ0n) is 7.45. The average Bonchev–Trinajstić information content (AvgIpc) is 2.70. The van der Waals surface area contributed by atoms with Crippen molar-refractivity contribution in [2.75, 3.05) is 6.61 Å². The summed E-state index contributed by atoms with van der Waals surface area (Å²) in [5, 5.41) is 36.0. The number of carbonyl (C=O) groups is 1. The van der Waals surface area contributed by atoms with Gasteiger partial charge in [-0.1, -0.05) is 0 Å². The van der Waals surface area contributed by atoms with Crippen LogP contribution in [0.1, 0.15) is 6.92 Å². The van der Waals surface area contributed by atoms with Crippen LogP contribution >= 0.6 is 0 Å². The molecule has 0 aromatic heterocycles. The van der Waals surface area contributed by atoms with E-state index in [1.807, 2.05) is 0 Å². The Bertz CT molecular complexity index is 230. The lowest BCUT2D eigenvalue weighted by Crippen LogP contribution is -2.46. The average molecular weight is 208 g/mol. The second kappa shape index (κ2) is 3.79. The SMILES string of the molecule is CC(=O)OC(C(O)CO)C1(O)OC1O. The molecule has 0 aromatic carbocycles. The van der Waals surface area contributed by atoms with Gasteiger partial charge < -0.3 is 29.9 Å². The van der Waals surface area contributed by atoms with Gasteiger partial charge in [-0.25, -0.2) is 0 Å². The first-order chi connectivity index (χ1) is 6.41. The van der Waals surface area contributed by atoms with E-state index in [1.165, 1.54) is 0 Å². The Morgan fingerprint density at radius 3 is 2.50 bits per heavy atom. The molecule has 1 heterocycles. The number of epoxide rings is 1. The molecule has 1 aliphatic rings. The molecule has 0 radical (unpaired) electrons. The zero-order valence-corrected chi connectivity index (χ0v) is 7.45. The Kier molecular flexibility index (Phi) is 3.07. The predicted octanol–water partition coefficient (Wildman–Crippen LogP) is -2.69. The molecule has 1 fully saturated rings. The molecule has 0 spiro atoms. The maximum absolute atomic E-state index is 10.6. The van der Waals surface area contributed by atoms with Crippen LogP contribution in [-0.4, -0.2) is 57.3 Å². The van der Waals surface area contributed by atoms with Gasteiger partial charge in [0, 0.05) is 6.92 Å². The van der Waals surface area contributed by atoms with Gasteiger partial charge >= 0.3 is 5.97 Å². The smallest absolute Gasteiger partial charge is 0.303 e. The molecule has 14 heavy (non-hydrogen) atoms. The van der Waals surface area contributed by atoms with Crippen molar-refractivity contribution >= 4 is 5.97 Å². The molecule has 4 N–H and O–H groups in total. The lowest BCUT2D eigenvalue weighted by Gasteiger charge is -2.23. The standard InChI is InChI=1S/C7H12O7/c1-3(9)13-5(4(10)2-8)7(12)6(11)14-7/h4-6,8,10-12H,2H2,1H3. The maximum Gasteiger partial charge on any atom is 0.303 e. The van der Waals surface area contributed by atoms with Crippen LogP contribution in [0.2, 0.25) is 0 Å². The number of carbonyl (C=O) groups excluding carboxylic acids is 1. The van der Waals surface area contributed by atoms with Crippen LogP contribution in [0.25, 0.3) is 0 Å². The van der Waals surface area contributed by atoms with Crippen molar-refractivity contribution in [3.8, 4) is 0 Å². The fourth-order valence-electron chi connectivity index (χ4n) is 1.07. The third-order valence-corrected chi connectivity index (χ3v) is 1.83. The minimum absolute atomic E-state index is 0.726. The van der Waals surface area contributed by atoms with Gasteiger partial charge in [0.05, 0.1) is 6.61 Å². The zero-order chi connectivity index (χ0) is 10.9. The second-order valence-electron chi connectivity index (χ2n) is 3.00. The van der Waals surface area contributed by atoms with Gasteiger partial charge in [0.15, 0.2) is 6.10 Å². The van der Waals surface area contributed by atoms with Crippen molar-refractivity contribution in [1.29, 1.82) is 0 Å². The van der Waals surface area contributed by atoms with Crippen molar-refractivity contribution in [3.05, 3.63) is 0 Å². The van der Waals surface area contributed by atoms with Gasteiger partial charge in [0.25, 0.3) is 5.79 Å². The Morgan fingerprint density at radius 1 is 1.71 bits per heavy atom. The van der Waals surface area contributed by atoms with Crippen molar-refractivity contribution in [2.24, 2.45) is 0 Å². The van der Waals surface area contributed by atoms with E-state index in [9.17, 15) is 15.0 Å². The molecule has 7 heteroatoms. The number of ether oxygens (including phenoxy) is 2. The molecule has 4 unspecified atom stereocenters. The normalized spacial score (nSPS) is 34.8. The summed E-state index contributed by atoms with van der Waals surface area (Å²) in [6.07, 6.45) is -4.53. The monoisotopic (exact) mass is 208 g/mol. The van der Waals surface area contributed by atoms with Crippen molar-refractivity contribution < 1.29 is 34.7 Å². The fraction of sp³-hybridized carbons (Fsp3) is 0.857. The Labute approximate surface area is 79.5 Å². The van der Waals surface area contributed by atoms with Gasteiger partial charge in [-0.3, -0.25) is 4.79 Å². The molecule has 0 saturated carbocycles. The minimum Gasteiger partial charge on any atom is -0.454 e. The Morgan fingerprint density at radius 2 is 2.21 bits per heavy atom. The van der Waals surface area contributed by atoms with E-state index in [4.69, 9.17) is 10.2 Å². The summed E-state index contributed by atoms with van der Waals surface area (Å²) in [4.78, 5) is 10.6. The molecule has 1 aliphatic heterocycles. The highest BCUT2D eigenvalue weighted by Crippen LogP contribution is 2.37. The van der Waals surface area contributed by atoms with Crippen molar-refractivity contribution in [1.82, 2.24) is 0 Å². The van der Waals surface area contributed by atoms with Crippen LogP contribution in [0.3, 0.4) is 0 Å². The van der Waals surface area contributed by atoms with Crippen molar-refractivity contribution in [2.45, 2.75) is 31.2 Å². The molecule has 0 aliphatic carbocycles. The lowest BCUT2D eigenvalue weighted by atomic mass is 10.1. The quantitative estimate of drug-likeness (QED) is 0.293. The Balaban J connectivity index is 2.67. The highest BCUT2D eigenvalue weighted by atomic mass is 16.8. The number of aliphatic hydroxyl groups is 4. The highest BCUT2D eigenvalue weighted by molar-refractivity contribution is 5.66. The summed E-state index contributed by atoms with van der Waals surface area (Å²) < 4.78 is 8.87. The summed E-state index contributed by atoms with van der Waals surface area (Å²) in [5.41, 5.74) is 0. The molecule has 4 atom stereocenters. The molecule has 0 bridgehead atoms. The molecular formula is C7H12O7. The minimum atomic E-state index is -2.12. The first kappa shape index (κ1) is 11.3. The molecule has 7 nitrogen and oxygen atoms in total. The van der Waals surface area contributed by atoms with E-state index in [2.05, 4.69) is 9.47 Å². The number of hydrogen-bond donors (Lipinski definition) is 4. The molecule has 82 valence electrons. The van der Waals surface area contributed by atoms with Gasteiger partial charge in [-0.15, -0.1) is 0 Å². The molecule has 0 aromatic rings. The van der Waals surface area contributed by atoms with Gasteiger partial charge in [-0.2, -0.15) is 0 Å². The van der Waals surface area contributed by atoms with E-state index in [0.717, 1.165) is 6.92 Å². The molecule has 0 amide bonds. The summed E-state index contributed by atoms with van der Waals surface area (Å²) in [6, 6.07) is 0. The van der Waals surface area contributed by atoms with E-state index >= 15 is 0 Å². The van der Waals surface area contributed by atoms with Crippen LogP contribution in [0.4, 0.5) is 0 Å². The van der Waals surface area contributed by atoms with Crippen LogP contribution < -0.4 is 0 Å². The molecule has 1 rings (SSSR count). The maximum atomic E-state index is 10.6. The molecule has 1 saturated heterocycles. The first-order valence-electron chi connectivity index (χ1n) is 3.96. The number of hydrogen-bond acceptors (Lipinski definition) is 7. The summed E-state index contributed by atoms with van der Waals surface area (Å²) in [7, 11) is 0. The van der Waals surface area contributed by atoms with E-state index in [0.29, 0.717) is 0 Å². The topological polar surface area (TPSA) is 120 Å². The van der Waals surface area contributed by atoms with Gasteiger partial charge in [0.2, 0.25) is 6.29 Å². The third-order valence-electron chi connectivity index (χ3n) is 1.83. The largest absolute Gasteiger partial charge is 0.454 e. The summed E-state index contributed by atoms with van der Waals surface area (Å²) in [6.45, 7) is 0.339. The number of esters is 1. The van der Waals surface area contributed by atoms with Crippen LogP contribution in [0.5, 0.6) is 0 Å². The van der Waals surface area contributed by atoms with Crippen LogP contribution in [0, 0.1) is 0 Å². The number of rotatable bonds is 4. The van der Waals surface area contributed by atoms with Crippen molar-refractivity contribution in [3.63, 3.8) is 0 Å². The second-order valence-corrected chi connectivity index (χ2v) is 3.00. The first-order valence-corrected chi connectivity index (χ1v) is 3.96. The van der Waals surface area contributed by atoms with E-state index in [-0.39, 0.29) is 0 Å². The van der Waals surface area contributed by atoms with Crippen LogP contribution in [-0.2, 0) is 14.3 Å². The van der Waals surface area contributed by atoms with Gasteiger partial charge in [0.1, 0.15) is 6.10 Å². The van der Waals surface area contributed by atoms with Gasteiger partial charge in [-0.05, 0) is 0 Å². The third kappa shape index (κ3) is 2.02. The predicted molar refractivity (Wildman–Crippen MR) is 40.7 cm³/mol. The van der Waals surface area contributed by atoms with E-state index < -0.39 is 36.9 Å². The lowest BCUT2D eigenvalue weighted by molar-refractivity contribution is -0.181. The number of aliphatic hydroxyl groups excluding tert-OH is 3. The van der Waals surface area contributed by atoms with Crippen LogP contribution in [0.15, 0.2) is 0 Å². The highest BCUT2D eigenvalue weighted by Gasteiger charge is 2.64. The molecular weight excluding hydrogens is 196 g/mol. The fourth-order valence-corrected chi connectivity index (χ4v) is 1.07.